The Morgan fingerprint density at radius 3 is 2.90 bits per heavy atom. The van der Waals surface area contributed by atoms with E-state index in [0.717, 1.165) is 30.5 Å². The van der Waals surface area contributed by atoms with Crippen LogP contribution >= 0.6 is 0 Å². The zero-order chi connectivity index (χ0) is 14.1. The van der Waals surface area contributed by atoms with Gasteiger partial charge in [0.15, 0.2) is 0 Å². The highest BCUT2D eigenvalue weighted by molar-refractivity contribution is 5.94. The van der Waals surface area contributed by atoms with Gasteiger partial charge >= 0.3 is 0 Å². The highest BCUT2D eigenvalue weighted by atomic mass is 16.1. The number of aryl methyl sites for hydroxylation is 1. The molecule has 3 unspecified atom stereocenters. The molecule has 2 aliphatic rings. The molecular formula is C16H23N3O. The number of carbonyl (C=O) groups is 1. The van der Waals surface area contributed by atoms with Crippen LogP contribution < -0.4 is 11.1 Å². The van der Waals surface area contributed by atoms with E-state index in [-0.39, 0.29) is 5.91 Å². The summed E-state index contributed by atoms with van der Waals surface area (Å²) in [5.41, 5.74) is 7.26. The Morgan fingerprint density at radius 2 is 2.25 bits per heavy atom. The Bertz CT molecular complexity index is 514. The van der Waals surface area contributed by atoms with Gasteiger partial charge < -0.3 is 11.1 Å². The van der Waals surface area contributed by atoms with Gasteiger partial charge in [0, 0.05) is 17.8 Å². The topological polar surface area (TPSA) is 68.0 Å². The van der Waals surface area contributed by atoms with Crippen molar-refractivity contribution in [1.29, 1.82) is 0 Å². The van der Waals surface area contributed by atoms with Crippen molar-refractivity contribution < 1.29 is 4.79 Å². The van der Waals surface area contributed by atoms with Gasteiger partial charge in [0.05, 0.1) is 0 Å². The molecule has 1 aromatic rings. The van der Waals surface area contributed by atoms with Gasteiger partial charge in [0.25, 0.3) is 5.91 Å². The van der Waals surface area contributed by atoms with Crippen LogP contribution in [0.25, 0.3) is 0 Å². The minimum absolute atomic E-state index is 0.0171. The van der Waals surface area contributed by atoms with E-state index in [1.165, 1.54) is 25.7 Å². The summed E-state index contributed by atoms with van der Waals surface area (Å²) in [4.78, 5) is 16.4. The zero-order valence-corrected chi connectivity index (χ0v) is 12.1. The Kier molecular flexibility index (Phi) is 3.64. The molecule has 4 nitrogen and oxygen atoms in total. The second-order valence-corrected chi connectivity index (χ2v) is 6.27. The molecule has 2 aliphatic carbocycles. The fourth-order valence-corrected chi connectivity index (χ4v) is 3.88. The van der Waals surface area contributed by atoms with E-state index in [9.17, 15) is 4.79 Å². The third-order valence-corrected chi connectivity index (χ3v) is 4.93. The largest absolute Gasteiger partial charge is 0.384 e. The number of carbonyl (C=O) groups excluding carboxylic acids is 1. The van der Waals surface area contributed by atoms with Crippen LogP contribution in [-0.4, -0.2) is 17.4 Å². The number of rotatable bonds is 4. The zero-order valence-electron chi connectivity index (χ0n) is 12.1. The molecule has 1 heterocycles. The predicted octanol–water partition coefficient (Wildman–Crippen LogP) is 2.39. The van der Waals surface area contributed by atoms with Gasteiger partial charge in [-0.05, 0) is 55.6 Å². The van der Waals surface area contributed by atoms with Crippen molar-refractivity contribution in [1.82, 2.24) is 10.3 Å². The number of anilines is 1. The molecule has 0 aliphatic heterocycles. The van der Waals surface area contributed by atoms with E-state index in [1.807, 2.05) is 13.0 Å². The molecule has 0 radical (unpaired) electrons. The summed E-state index contributed by atoms with van der Waals surface area (Å²) in [6.45, 7) is 2.82. The normalized spacial score (nSPS) is 27.8. The molecule has 20 heavy (non-hydrogen) atoms. The molecule has 2 fully saturated rings. The molecule has 0 spiro atoms. The quantitative estimate of drug-likeness (QED) is 0.885. The maximum absolute atomic E-state index is 12.2. The van der Waals surface area contributed by atoms with Crippen molar-refractivity contribution in [2.24, 2.45) is 17.8 Å². The number of nitrogens with one attached hydrogen (secondary N) is 1. The number of pyridine rings is 1. The number of nitrogen functional groups attached to an aromatic ring is 1. The van der Waals surface area contributed by atoms with Crippen LogP contribution in [0.5, 0.6) is 0 Å². The standard InChI is InChI=1S/C16H23N3O/c1-2-14-7-12(8-15(17)19-14)16(20)18-9-13-6-10-3-4-11(13)5-10/h7-8,10-11,13H,2-6,9H2,1H3,(H2,17,19)(H,18,20). The molecule has 0 saturated heterocycles. The fraction of sp³-hybridized carbons (Fsp3) is 0.625. The SMILES string of the molecule is CCc1cc(C(=O)NCC2CC3CCC2C3)cc(N)n1. The van der Waals surface area contributed by atoms with E-state index < -0.39 is 0 Å². The number of hydrogen-bond donors (Lipinski definition) is 2. The summed E-state index contributed by atoms with van der Waals surface area (Å²) in [5, 5.41) is 3.08. The molecule has 1 amide bonds. The van der Waals surface area contributed by atoms with Crippen molar-refractivity contribution >= 4 is 11.7 Å². The van der Waals surface area contributed by atoms with Crippen molar-refractivity contribution in [3.63, 3.8) is 0 Å². The van der Waals surface area contributed by atoms with Crippen LogP contribution in [0.2, 0.25) is 0 Å². The third kappa shape index (κ3) is 2.65. The lowest BCUT2D eigenvalue weighted by atomic mass is 9.89. The highest BCUT2D eigenvalue weighted by Gasteiger charge is 2.39. The van der Waals surface area contributed by atoms with Crippen molar-refractivity contribution in [3.8, 4) is 0 Å². The lowest BCUT2D eigenvalue weighted by molar-refractivity contribution is 0.0941. The van der Waals surface area contributed by atoms with Crippen LogP contribution in [0.1, 0.15) is 48.7 Å². The number of nitrogens with two attached hydrogens (primary N) is 1. The summed E-state index contributed by atoms with van der Waals surface area (Å²) in [6.07, 6.45) is 6.22. The number of amides is 1. The van der Waals surface area contributed by atoms with E-state index in [2.05, 4.69) is 10.3 Å². The molecule has 3 atom stereocenters. The van der Waals surface area contributed by atoms with E-state index in [1.54, 1.807) is 6.07 Å². The molecule has 2 saturated carbocycles. The average Bonchev–Trinajstić information content (AvgIpc) is 3.06. The number of nitrogens with zero attached hydrogens (tertiary/aromatic N) is 1. The second-order valence-electron chi connectivity index (χ2n) is 6.27. The van der Waals surface area contributed by atoms with Crippen molar-refractivity contribution in [3.05, 3.63) is 23.4 Å². The molecule has 108 valence electrons. The molecular weight excluding hydrogens is 250 g/mol. The van der Waals surface area contributed by atoms with Gasteiger partial charge in [-0.25, -0.2) is 4.98 Å². The summed E-state index contributed by atoms with van der Waals surface area (Å²) in [7, 11) is 0. The first-order valence-electron chi connectivity index (χ1n) is 7.70. The van der Waals surface area contributed by atoms with Crippen LogP contribution in [0, 0.1) is 17.8 Å². The minimum atomic E-state index is -0.0171. The van der Waals surface area contributed by atoms with Crippen molar-refractivity contribution in [2.75, 3.05) is 12.3 Å². The van der Waals surface area contributed by atoms with Crippen LogP contribution in [0.15, 0.2) is 12.1 Å². The summed E-state index contributed by atoms with van der Waals surface area (Å²) in [6, 6.07) is 3.50. The Hall–Kier alpha value is -1.58. The first-order valence-corrected chi connectivity index (χ1v) is 7.70. The fourth-order valence-electron chi connectivity index (χ4n) is 3.88. The second kappa shape index (κ2) is 5.43. The van der Waals surface area contributed by atoms with Crippen LogP contribution in [0.4, 0.5) is 5.82 Å². The number of fused-ring (bicyclic) bond motifs is 2. The first kappa shape index (κ1) is 13.4. The van der Waals surface area contributed by atoms with Gasteiger partial charge in [-0.15, -0.1) is 0 Å². The van der Waals surface area contributed by atoms with Crippen molar-refractivity contribution in [2.45, 2.75) is 39.0 Å². The lowest BCUT2D eigenvalue weighted by Gasteiger charge is -2.21. The molecule has 1 aromatic heterocycles. The third-order valence-electron chi connectivity index (χ3n) is 4.93. The molecule has 3 N–H and O–H groups in total. The number of hydrogen-bond acceptors (Lipinski definition) is 3. The summed E-state index contributed by atoms with van der Waals surface area (Å²) >= 11 is 0. The van der Waals surface area contributed by atoms with Crippen LogP contribution in [-0.2, 0) is 6.42 Å². The maximum Gasteiger partial charge on any atom is 0.251 e. The monoisotopic (exact) mass is 273 g/mol. The lowest BCUT2D eigenvalue weighted by Crippen LogP contribution is -2.31. The molecule has 0 aromatic carbocycles. The van der Waals surface area contributed by atoms with Gasteiger partial charge in [-0.2, -0.15) is 0 Å². The van der Waals surface area contributed by atoms with Gasteiger partial charge in [-0.1, -0.05) is 13.3 Å². The minimum Gasteiger partial charge on any atom is -0.384 e. The summed E-state index contributed by atoms with van der Waals surface area (Å²) in [5.74, 6) is 2.85. The van der Waals surface area contributed by atoms with E-state index in [4.69, 9.17) is 5.73 Å². The van der Waals surface area contributed by atoms with E-state index in [0.29, 0.717) is 17.3 Å². The Morgan fingerprint density at radius 1 is 1.40 bits per heavy atom. The van der Waals surface area contributed by atoms with Gasteiger partial charge in [0.1, 0.15) is 5.82 Å². The Labute approximate surface area is 120 Å². The summed E-state index contributed by atoms with van der Waals surface area (Å²) < 4.78 is 0. The molecule has 4 heteroatoms. The van der Waals surface area contributed by atoms with Gasteiger partial charge in [-0.3, -0.25) is 4.79 Å². The van der Waals surface area contributed by atoms with Crippen LogP contribution in [0.3, 0.4) is 0 Å². The molecule has 3 rings (SSSR count). The highest BCUT2D eigenvalue weighted by Crippen LogP contribution is 2.47. The average molecular weight is 273 g/mol. The first-order chi connectivity index (χ1) is 9.65. The van der Waals surface area contributed by atoms with Gasteiger partial charge in [0.2, 0.25) is 0 Å². The van der Waals surface area contributed by atoms with E-state index >= 15 is 0 Å². The number of aromatic nitrogens is 1. The molecule has 2 bridgehead atoms. The maximum atomic E-state index is 12.2. The smallest absolute Gasteiger partial charge is 0.251 e. The Balaban J connectivity index is 1.60. The predicted molar refractivity (Wildman–Crippen MR) is 79.3 cm³/mol.